The van der Waals surface area contributed by atoms with E-state index in [2.05, 4.69) is 35.4 Å². The lowest BCUT2D eigenvalue weighted by Crippen LogP contribution is -2.30. The molecule has 0 bridgehead atoms. The molecule has 0 aliphatic heterocycles. The minimum absolute atomic E-state index is 0.245. The number of nitrogens with one attached hydrogen (secondary N) is 1. The normalized spacial score (nSPS) is 14.6. The van der Waals surface area contributed by atoms with Crippen LogP contribution in [0, 0.1) is 0 Å². The Morgan fingerprint density at radius 1 is 1.33 bits per heavy atom. The molecule has 0 saturated heterocycles. The molecule has 96 valence electrons. The number of rotatable bonds is 5. The summed E-state index contributed by atoms with van der Waals surface area (Å²) in [6.45, 7) is 2.81. The van der Waals surface area contributed by atoms with E-state index in [1.165, 1.54) is 5.56 Å². The Morgan fingerprint density at radius 2 is 2.11 bits per heavy atom. The monoisotopic (exact) mass is 262 g/mol. The van der Waals surface area contributed by atoms with Gasteiger partial charge in [0.25, 0.3) is 0 Å². The van der Waals surface area contributed by atoms with Gasteiger partial charge in [-0.15, -0.1) is 0 Å². The zero-order valence-corrected chi connectivity index (χ0v) is 11.5. The van der Waals surface area contributed by atoms with E-state index >= 15 is 0 Å². The summed E-state index contributed by atoms with van der Waals surface area (Å²) in [5.74, 6) is 0.679. The number of aromatic nitrogens is 1. The molecule has 1 aromatic carbocycles. The Morgan fingerprint density at radius 3 is 2.89 bits per heavy atom. The smallest absolute Gasteiger partial charge is 0.0746 e. The number of nitrogens with zero attached hydrogens (tertiary/aromatic N) is 1. The second-order valence-corrected chi connectivity index (χ2v) is 5.99. The SMILES string of the molecule is CC(CS(C)=O)NCc1cccc2cccnc12. The highest BCUT2D eigenvalue weighted by Crippen LogP contribution is 2.15. The molecule has 4 heteroatoms. The van der Waals surface area contributed by atoms with Crippen LogP contribution in [-0.4, -0.2) is 27.2 Å². The van der Waals surface area contributed by atoms with Gasteiger partial charge >= 0.3 is 0 Å². The minimum atomic E-state index is -0.759. The highest BCUT2D eigenvalue weighted by molar-refractivity contribution is 7.84. The van der Waals surface area contributed by atoms with Gasteiger partial charge in [-0.05, 0) is 18.6 Å². The van der Waals surface area contributed by atoms with Crippen LogP contribution in [0.3, 0.4) is 0 Å². The molecule has 0 spiro atoms. The van der Waals surface area contributed by atoms with Crippen LogP contribution in [0.4, 0.5) is 0 Å². The molecule has 2 aromatic rings. The van der Waals surface area contributed by atoms with E-state index in [0.717, 1.165) is 17.4 Å². The lowest BCUT2D eigenvalue weighted by Gasteiger charge is -2.13. The first-order valence-electron chi connectivity index (χ1n) is 6.03. The summed E-state index contributed by atoms with van der Waals surface area (Å²) in [5, 5.41) is 4.55. The second-order valence-electron chi connectivity index (χ2n) is 4.51. The summed E-state index contributed by atoms with van der Waals surface area (Å²) in [7, 11) is -0.759. The molecular weight excluding hydrogens is 244 g/mol. The average molecular weight is 262 g/mol. The largest absolute Gasteiger partial charge is 0.309 e. The Kier molecular flexibility index (Phi) is 4.44. The third-order valence-electron chi connectivity index (χ3n) is 2.84. The first-order valence-corrected chi connectivity index (χ1v) is 7.75. The lowest BCUT2D eigenvalue weighted by molar-refractivity contribution is 0.588. The van der Waals surface area contributed by atoms with Crippen molar-refractivity contribution in [2.24, 2.45) is 0 Å². The van der Waals surface area contributed by atoms with Gasteiger partial charge in [0.1, 0.15) is 0 Å². The third-order valence-corrected chi connectivity index (χ3v) is 3.81. The first kappa shape index (κ1) is 13.2. The molecule has 2 unspecified atom stereocenters. The van der Waals surface area contributed by atoms with Crippen molar-refractivity contribution in [3.05, 3.63) is 42.1 Å². The van der Waals surface area contributed by atoms with E-state index in [1.54, 1.807) is 6.26 Å². The topological polar surface area (TPSA) is 42.0 Å². The molecule has 3 nitrogen and oxygen atoms in total. The zero-order valence-electron chi connectivity index (χ0n) is 10.7. The minimum Gasteiger partial charge on any atom is -0.309 e. The predicted octanol–water partition coefficient (Wildman–Crippen LogP) is 2.09. The van der Waals surface area contributed by atoms with Gasteiger partial charge in [-0.1, -0.05) is 24.3 Å². The Labute approximate surface area is 110 Å². The summed E-state index contributed by atoms with van der Waals surface area (Å²) in [4.78, 5) is 4.42. The van der Waals surface area contributed by atoms with Crippen molar-refractivity contribution >= 4 is 21.7 Å². The number of fused-ring (bicyclic) bond motifs is 1. The number of hydrogen-bond donors (Lipinski definition) is 1. The molecule has 0 aliphatic carbocycles. The molecule has 1 aromatic heterocycles. The van der Waals surface area contributed by atoms with Crippen LogP contribution in [-0.2, 0) is 17.3 Å². The van der Waals surface area contributed by atoms with Gasteiger partial charge in [0.2, 0.25) is 0 Å². The molecule has 0 saturated carbocycles. The van der Waals surface area contributed by atoms with E-state index in [-0.39, 0.29) is 6.04 Å². The Balaban J connectivity index is 2.10. The van der Waals surface area contributed by atoms with Gasteiger partial charge in [0.05, 0.1) is 5.52 Å². The maximum atomic E-state index is 11.1. The van der Waals surface area contributed by atoms with Crippen molar-refractivity contribution in [1.29, 1.82) is 0 Å². The van der Waals surface area contributed by atoms with Gasteiger partial charge in [0, 0.05) is 47.0 Å². The number of para-hydroxylation sites is 1. The quantitative estimate of drug-likeness (QED) is 0.897. The van der Waals surface area contributed by atoms with Crippen LogP contribution in [0.2, 0.25) is 0 Å². The van der Waals surface area contributed by atoms with Gasteiger partial charge in [-0.3, -0.25) is 9.19 Å². The van der Waals surface area contributed by atoms with Crippen LogP contribution >= 0.6 is 0 Å². The highest BCUT2D eigenvalue weighted by atomic mass is 32.2. The molecule has 2 rings (SSSR count). The molecule has 18 heavy (non-hydrogen) atoms. The maximum Gasteiger partial charge on any atom is 0.0746 e. The van der Waals surface area contributed by atoms with E-state index in [9.17, 15) is 4.21 Å². The zero-order chi connectivity index (χ0) is 13.0. The molecule has 0 radical (unpaired) electrons. The fourth-order valence-corrected chi connectivity index (χ4v) is 2.83. The number of benzene rings is 1. The van der Waals surface area contributed by atoms with Crippen molar-refractivity contribution in [1.82, 2.24) is 10.3 Å². The molecule has 0 fully saturated rings. The van der Waals surface area contributed by atoms with Crippen molar-refractivity contribution in [2.75, 3.05) is 12.0 Å². The van der Waals surface area contributed by atoms with Crippen molar-refractivity contribution in [3.8, 4) is 0 Å². The van der Waals surface area contributed by atoms with Gasteiger partial charge in [0.15, 0.2) is 0 Å². The van der Waals surface area contributed by atoms with E-state index in [1.807, 2.05) is 18.3 Å². The third kappa shape index (κ3) is 3.37. The fraction of sp³-hybridized carbons (Fsp3) is 0.357. The summed E-state index contributed by atoms with van der Waals surface area (Å²) in [6.07, 6.45) is 3.55. The van der Waals surface area contributed by atoms with Crippen LogP contribution in [0.15, 0.2) is 36.5 Å². The average Bonchev–Trinajstić information content (AvgIpc) is 2.35. The van der Waals surface area contributed by atoms with Crippen molar-refractivity contribution in [2.45, 2.75) is 19.5 Å². The molecule has 2 atom stereocenters. The summed E-state index contributed by atoms with van der Waals surface area (Å²) < 4.78 is 11.1. The van der Waals surface area contributed by atoms with Crippen LogP contribution in [0.25, 0.3) is 10.9 Å². The van der Waals surface area contributed by atoms with Crippen molar-refractivity contribution < 1.29 is 4.21 Å². The van der Waals surface area contributed by atoms with E-state index < -0.39 is 10.8 Å². The summed E-state index contributed by atoms with van der Waals surface area (Å²) in [5.41, 5.74) is 2.22. The molecular formula is C14H18N2OS. The summed E-state index contributed by atoms with van der Waals surface area (Å²) in [6, 6.07) is 10.5. The van der Waals surface area contributed by atoms with Crippen LogP contribution in [0.1, 0.15) is 12.5 Å². The molecule has 0 amide bonds. The summed E-state index contributed by atoms with van der Waals surface area (Å²) >= 11 is 0. The Hall–Kier alpha value is -1.26. The van der Waals surface area contributed by atoms with Crippen molar-refractivity contribution in [3.63, 3.8) is 0 Å². The van der Waals surface area contributed by atoms with Crippen LogP contribution < -0.4 is 5.32 Å². The number of pyridine rings is 1. The fourth-order valence-electron chi connectivity index (χ4n) is 2.01. The van der Waals surface area contributed by atoms with E-state index in [0.29, 0.717) is 5.75 Å². The lowest BCUT2D eigenvalue weighted by atomic mass is 10.1. The van der Waals surface area contributed by atoms with Crippen LogP contribution in [0.5, 0.6) is 0 Å². The van der Waals surface area contributed by atoms with Gasteiger partial charge in [-0.2, -0.15) is 0 Å². The second kappa shape index (κ2) is 6.07. The van der Waals surface area contributed by atoms with Gasteiger partial charge in [-0.25, -0.2) is 0 Å². The molecule has 0 aliphatic rings. The van der Waals surface area contributed by atoms with Gasteiger partial charge < -0.3 is 5.32 Å². The molecule has 1 N–H and O–H groups in total. The number of hydrogen-bond acceptors (Lipinski definition) is 3. The predicted molar refractivity (Wildman–Crippen MR) is 77.0 cm³/mol. The first-order chi connectivity index (χ1) is 8.66. The standard InChI is InChI=1S/C14H18N2OS/c1-11(10-18(2)17)16-9-13-6-3-5-12-7-4-8-15-14(12)13/h3-8,11,16H,9-10H2,1-2H3. The van der Waals surface area contributed by atoms with E-state index in [4.69, 9.17) is 0 Å². The molecule has 1 heterocycles. The highest BCUT2D eigenvalue weighted by Gasteiger charge is 2.06. The maximum absolute atomic E-state index is 11.1. The Bertz CT molecular complexity index is 551.